The van der Waals surface area contributed by atoms with E-state index in [1.54, 1.807) is 0 Å². The van der Waals surface area contributed by atoms with Gasteiger partial charge in [0.25, 0.3) is 0 Å². The van der Waals surface area contributed by atoms with E-state index in [9.17, 15) is 4.39 Å². The molecule has 2 aromatic heterocycles. The second-order valence-electron chi connectivity index (χ2n) is 8.29. The van der Waals surface area contributed by atoms with Crippen LogP contribution >= 0.6 is 15.9 Å². The van der Waals surface area contributed by atoms with Crippen LogP contribution in [-0.4, -0.2) is 7.18 Å². The molecule has 7 aromatic rings. The maximum Gasteiger partial charge on any atom is 0.143 e. The Morgan fingerprint density at radius 1 is 0.514 bits per heavy atom. The first-order valence-corrected chi connectivity index (χ1v) is 12.1. The lowest BCUT2D eigenvalue weighted by Gasteiger charge is -2.09. The summed E-state index contributed by atoms with van der Waals surface area (Å²) in [5.74, 6) is 0. The first kappa shape index (κ1) is 21.6. The average molecular weight is 523 g/mol. The van der Waals surface area contributed by atoms with Crippen molar-refractivity contribution in [3.8, 4) is 22.3 Å². The second kappa shape index (κ2) is 8.71. The minimum atomic E-state index is 0.500. The van der Waals surface area contributed by atoms with Crippen molar-refractivity contribution in [2.24, 2.45) is 0 Å². The van der Waals surface area contributed by atoms with Crippen LogP contribution in [0.2, 0.25) is 0 Å². The molecule has 35 heavy (non-hydrogen) atoms. The first-order chi connectivity index (χ1) is 17.3. The molecule has 4 heteroatoms. The number of rotatable bonds is 2. The van der Waals surface area contributed by atoms with Crippen molar-refractivity contribution < 1.29 is 13.2 Å². The maximum atomic E-state index is 9.50. The third-order valence-corrected chi connectivity index (χ3v) is 6.79. The summed E-state index contributed by atoms with van der Waals surface area (Å²) in [6.07, 6.45) is 0. The van der Waals surface area contributed by atoms with Crippen LogP contribution in [0.25, 0.3) is 66.1 Å². The molecule has 0 bridgehead atoms. The van der Waals surface area contributed by atoms with E-state index in [1.807, 2.05) is 24.3 Å². The Hall–Kier alpha value is -3.89. The molecule has 2 heterocycles. The molecule has 0 radical (unpaired) electrons. The Labute approximate surface area is 209 Å². The SMILES string of the molecule is Brc1cc(-c2cccc3c2oc2ccccc23)cc(-c2cccc3c2oc2ccccc23)c1.CF. The number of hydrogen-bond acceptors (Lipinski definition) is 2. The summed E-state index contributed by atoms with van der Waals surface area (Å²) >= 11 is 3.74. The number of benzene rings is 5. The van der Waals surface area contributed by atoms with Crippen molar-refractivity contribution in [2.75, 3.05) is 7.18 Å². The number of alkyl halides is 1. The lowest BCUT2D eigenvalue weighted by Crippen LogP contribution is -1.84. The van der Waals surface area contributed by atoms with Gasteiger partial charge in [-0.25, -0.2) is 0 Å². The first-order valence-electron chi connectivity index (χ1n) is 11.3. The molecule has 0 saturated heterocycles. The minimum Gasteiger partial charge on any atom is -0.455 e. The van der Waals surface area contributed by atoms with Gasteiger partial charge in [0.15, 0.2) is 0 Å². The molecule has 170 valence electrons. The van der Waals surface area contributed by atoms with Crippen LogP contribution in [-0.2, 0) is 0 Å². The van der Waals surface area contributed by atoms with Gasteiger partial charge in [-0.1, -0.05) is 88.7 Å². The molecule has 0 saturated carbocycles. The van der Waals surface area contributed by atoms with Gasteiger partial charge in [0.2, 0.25) is 0 Å². The Balaban J connectivity index is 0.00000112. The topological polar surface area (TPSA) is 26.3 Å². The lowest BCUT2D eigenvalue weighted by molar-refractivity contribution is 0.636. The average Bonchev–Trinajstić information content (AvgIpc) is 3.48. The van der Waals surface area contributed by atoms with Gasteiger partial charge in [0.05, 0.1) is 7.18 Å². The molecule has 5 aromatic carbocycles. The van der Waals surface area contributed by atoms with Gasteiger partial charge in [-0.3, -0.25) is 4.39 Å². The Morgan fingerprint density at radius 3 is 1.43 bits per heavy atom. The number of halogens is 2. The predicted molar refractivity (Wildman–Crippen MR) is 147 cm³/mol. The summed E-state index contributed by atoms with van der Waals surface area (Å²) in [6.45, 7) is 0. The van der Waals surface area contributed by atoms with E-state index in [0.717, 1.165) is 70.6 Å². The number of furan rings is 2. The normalized spacial score (nSPS) is 11.3. The van der Waals surface area contributed by atoms with Crippen LogP contribution in [0.5, 0.6) is 0 Å². The number of fused-ring (bicyclic) bond motifs is 6. The number of para-hydroxylation sites is 4. The van der Waals surface area contributed by atoms with Gasteiger partial charge in [0.1, 0.15) is 22.3 Å². The smallest absolute Gasteiger partial charge is 0.143 e. The zero-order valence-electron chi connectivity index (χ0n) is 18.9. The van der Waals surface area contributed by atoms with Gasteiger partial charge < -0.3 is 8.83 Å². The van der Waals surface area contributed by atoms with Crippen LogP contribution in [0.3, 0.4) is 0 Å². The van der Waals surface area contributed by atoms with E-state index in [-0.39, 0.29) is 0 Å². The van der Waals surface area contributed by atoms with Gasteiger partial charge in [-0.05, 0) is 41.5 Å². The highest BCUT2D eigenvalue weighted by Crippen LogP contribution is 2.40. The van der Waals surface area contributed by atoms with Crippen LogP contribution in [0.15, 0.2) is 116 Å². The van der Waals surface area contributed by atoms with Gasteiger partial charge >= 0.3 is 0 Å². The molecular weight excluding hydrogens is 503 g/mol. The van der Waals surface area contributed by atoms with Crippen LogP contribution in [0, 0.1) is 0 Å². The van der Waals surface area contributed by atoms with Crippen molar-refractivity contribution >= 4 is 59.8 Å². The molecular formula is C31H20BrFO2. The van der Waals surface area contributed by atoms with Crippen molar-refractivity contribution in [1.29, 1.82) is 0 Å². The fourth-order valence-corrected chi connectivity index (χ4v) is 5.34. The molecule has 0 unspecified atom stereocenters. The van der Waals surface area contributed by atoms with E-state index >= 15 is 0 Å². The van der Waals surface area contributed by atoms with Crippen molar-refractivity contribution in [2.45, 2.75) is 0 Å². The highest BCUT2D eigenvalue weighted by atomic mass is 79.9. The maximum absolute atomic E-state index is 9.50. The second-order valence-corrected chi connectivity index (χ2v) is 9.21. The minimum absolute atomic E-state index is 0.500. The summed E-state index contributed by atoms with van der Waals surface area (Å²) in [4.78, 5) is 0. The lowest BCUT2D eigenvalue weighted by atomic mass is 9.96. The molecule has 0 atom stereocenters. The third-order valence-electron chi connectivity index (χ3n) is 6.33. The zero-order chi connectivity index (χ0) is 23.9. The highest BCUT2D eigenvalue weighted by molar-refractivity contribution is 9.10. The van der Waals surface area contributed by atoms with E-state index in [4.69, 9.17) is 8.83 Å². The third kappa shape index (κ3) is 3.53. The van der Waals surface area contributed by atoms with Crippen molar-refractivity contribution in [1.82, 2.24) is 0 Å². The van der Waals surface area contributed by atoms with Gasteiger partial charge in [0, 0.05) is 37.1 Å². The fraction of sp³-hybridized carbons (Fsp3) is 0.0323. The Kier molecular flexibility index (Phi) is 5.39. The summed E-state index contributed by atoms with van der Waals surface area (Å²) in [6, 6.07) is 35.6. The molecule has 7 rings (SSSR count). The summed E-state index contributed by atoms with van der Waals surface area (Å²) in [5, 5.41) is 4.53. The Bertz CT molecular complexity index is 1710. The zero-order valence-corrected chi connectivity index (χ0v) is 20.5. The molecule has 0 aliphatic heterocycles. The van der Waals surface area contributed by atoms with Gasteiger partial charge in [-0.15, -0.1) is 0 Å². The molecule has 0 fully saturated rings. The fourth-order valence-electron chi connectivity index (χ4n) is 4.85. The number of hydrogen-bond donors (Lipinski definition) is 0. The van der Waals surface area contributed by atoms with E-state index in [0.29, 0.717) is 7.18 Å². The standard InChI is InChI=1S/C30H17BrO2.CH3F/c31-20-16-18(21-9-5-11-25-23-7-1-3-13-27(23)32-29(21)25)15-19(17-20)22-10-6-12-26-24-8-2-4-14-28(24)33-30(22)26;1-2/h1-17H;1H3. The summed E-state index contributed by atoms with van der Waals surface area (Å²) < 4.78 is 23.1. The molecule has 0 amide bonds. The summed E-state index contributed by atoms with van der Waals surface area (Å²) in [5.41, 5.74) is 7.96. The van der Waals surface area contributed by atoms with Crippen LogP contribution < -0.4 is 0 Å². The predicted octanol–water partition coefficient (Wildman–Crippen LogP) is 10.2. The molecule has 0 N–H and O–H groups in total. The molecule has 0 spiro atoms. The van der Waals surface area contributed by atoms with E-state index in [2.05, 4.69) is 94.8 Å². The van der Waals surface area contributed by atoms with E-state index in [1.165, 1.54) is 0 Å². The van der Waals surface area contributed by atoms with Crippen LogP contribution in [0.4, 0.5) is 4.39 Å². The largest absolute Gasteiger partial charge is 0.455 e. The highest BCUT2D eigenvalue weighted by Gasteiger charge is 2.16. The molecule has 2 nitrogen and oxygen atoms in total. The van der Waals surface area contributed by atoms with Crippen LogP contribution in [0.1, 0.15) is 0 Å². The molecule has 0 aliphatic rings. The van der Waals surface area contributed by atoms with E-state index < -0.39 is 0 Å². The van der Waals surface area contributed by atoms with Gasteiger partial charge in [-0.2, -0.15) is 0 Å². The monoisotopic (exact) mass is 522 g/mol. The Morgan fingerprint density at radius 2 is 0.943 bits per heavy atom. The van der Waals surface area contributed by atoms with Crippen molar-refractivity contribution in [3.05, 3.63) is 108 Å². The van der Waals surface area contributed by atoms with Crippen molar-refractivity contribution in [3.63, 3.8) is 0 Å². The molecule has 0 aliphatic carbocycles. The quantitative estimate of drug-likeness (QED) is 0.225. The summed E-state index contributed by atoms with van der Waals surface area (Å²) in [7, 11) is 0.500.